The van der Waals surface area contributed by atoms with Crippen LogP contribution in [0.5, 0.6) is 0 Å². The Morgan fingerprint density at radius 1 is 1.07 bits per heavy atom. The monoisotopic (exact) mass is 397 g/mol. The van der Waals surface area contributed by atoms with Crippen molar-refractivity contribution < 1.29 is 13.2 Å². The van der Waals surface area contributed by atoms with Crippen LogP contribution >= 0.6 is 0 Å². The quantitative estimate of drug-likeness (QED) is 0.625. The standard InChI is InChI=1S/C23H22F3N3/c24-20-10-22(26)21(25)9-19(20)18-4-2-15(8-23(18)28)12-29-6-5-16-3-1-14(11-27)7-17(16)13-29/h1-3,7,9-10,18,23H,4-6,8,12-13,28H2. The molecule has 3 nitrogen and oxygen atoms in total. The molecule has 4 rings (SSSR count). The van der Waals surface area contributed by atoms with Crippen molar-refractivity contribution in [2.45, 2.75) is 37.8 Å². The van der Waals surface area contributed by atoms with E-state index >= 15 is 0 Å². The number of rotatable bonds is 3. The predicted molar refractivity (Wildman–Crippen MR) is 104 cm³/mol. The summed E-state index contributed by atoms with van der Waals surface area (Å²) >= 11 is 0. The fourth-order valence-electron chi connectivity index (χ4n) is 4.41. The van der Waals surface area contributed by atoms with Crippen LogP contribution < -0.4 is 5.73 Å². The van der Waals surface area contributed by atoms with E-state index in [2.05, 4.69) is 17.0 Å². The Hall–Kier alpha value is -2.62. The molecule has 0 saturated heterocycles. The minimum absolute atomic E-state index is 0.141. The molecule has 1 aliphatic heterocycles. The van der Waals surface area contributed by atoms with Gasteiger partial charge in [-0.1, -0.05) is 17.7 Å². The van der Waals surface area contributed by atoms with Gasteiger partial charge in [0.2, 0.25) is 0 Å². The maximum atomic E-state index is 14.1. The van der Waals surface area contributed by atoms with E-state index in [1.165, 1.54) is 16.7 Å². The van der Waals surface area contributed by atoms with E-state index in [0.29, 0.717) is 24.5 Å². The zero-order chi connectivity index (χ0) is 20.5. The largest absolute Gasteiger partial charge is 0.327 e. The molecular formula is C23H22F3N3. The van der Waals surface area contributed by atoms with Gasteiger partial charge in [0.25, 0.3) is 0 Å². The van der Waals surface area contributed by atoms with Crippen molar-refractivity contribution in [3.8, 4) is 6.07 Å². The second kappa shape index (κ2) is 8.02. The van der Waals surface area contributed by atoms with E-state index in [9.17, 15) is 13.2 Å². The smallest absolute Gasteiger partial charge is 0.161 e. The summed E-state index contributed by atoms with van der Waals surface area (Å²) in [4.78, 5) is 2.32. The lowest BCUT2D eigenvalue weighted by Crippen LogP contribution is -2.37. The third-order valence-electron chi connectivity index (χ3n) is 5.97. The fraction of sp³-hybridized carbons (Fsp3) is 0.348. The van der Waals surface area contributed by atoms with Crippen molar-refractivity contribution in [3.63, 3.8) is 0 Å². The van der Waals surface area contributed by atoms with Crippen LogP contribution in [0.3, 0.4) is 0 Å². The average molecular weight is 397 g/mol. The van der Waals surface area contributed by atoms with E-state index < -0.39 is 17.5 Å². The molecule has 0 spiro atoms. The molecular weight excluding hydrogens is 375 g/mol. The van der Waals surface area contributed by atoms with Crippen LogP contribution in [0.25, 0.3) is 0 Å². The molecule has 2 aromatic rings. The van der Waals surface area contributed by atoms with Crippen LogP contribution in [0.1, 0.15) is 41.0 Å². The summed E-state index contributed by atoms with van der Waals surface area (Å²) in [5.74, 6) is -3.35. The van der Waals surface area contributed by atoms with Gasteiger partial charge in [0.15, 0.2) is 11.6 Å². The lowest BCUT2D eigenvalue weighted by molar-refractivity contribution is 0.269. The van der Waals surface area contributed by atoms with E-state index in [0.717, 1.165) is 32.1 Å². The van der Waals surface area contributed by atoms with Crippen LogP contribution in [0.4, 0.5) is 13.2 Å². The molecule has 0 aromatic heterocycles. The number of hydrogen-bond acceptors (Lipinski definition) is 3. The topological polar surface area (TPSA) is 53.0 Å². The molecule has 1 heterocycles. The Labute approximate surface area is 168 Å². The van der Waals surface area contributed by atoms with Gasteiger partial charge in [0.05, 0.1) is 11.6 Å². The van der Waals surface area contributed by atoms with Gasteiger partial charge in [0, 0.05) is 37.7 Å². The Balaban J connectivity index is 1.45. The van der Waals surface area contributed by atoms with Gasteiger partial charge in [-0.3, -0.25) is 4.90 Å². The van der Waals surface area contributed by atoms with Crippen molar-refractivity contribution >= 4 is 0 Å². The van der Waals surface area contributed by atoms with Crippen molar-refractivity contribution in [3.05, 3.63) is 81.7 Å². The maximum absolute atomic E-state index is 14.1. The molecule has 0 bridgehead atoms. The van der Waals surface area contributed by atoms with Crippen LogP contribution in [-0.4, -0.2) is 24.0 Å². The van der Waals surface area contributed by atoms with Gasteiger partial charge in [-0.15, -0.1) is 0 Å². The molecule has 2 N–H and O–H groups in total. The van der Waals surface area contributed by atoms with Crippen molar-refractivity contribution in [2.75, 3.05) is 13.1 Å². The number of fused-ring (bicyclic) bond motifs is 1. The Morgan fingerprint density at radius 2 is 1.86 bits per heavy atom. The number of nitrogens with zero attached hydrogens (tertiary/aromatic N) is 2. The first-order chi connectivity index (χ1) is 13.9. The summed E-state index contributed by atoms with van der Waals surface area (Å²) < 4.78 is 40.9. The molecule has 29 heavy (non-hydrogen) atoms. The van der Waals surface area contributed by atoms with Gasteiger partial charge in [-0.25, -0.2) is 13.2 Å². The van der Waals surface area contributed by atoms with Crippen LogP contribution in [-0.2, 0) is 13.0 Å². The second-order valence-corrected chi connectivity index (χ2v) is 7.92. The summed E-state index contributed by atoms with van der Waals surface area (Å²) in [5.41, 5.74) is 10.7. The molecule has 2 aliphatic rings. The highest BCUT2D eigenvalue weighted by Crippen LogP contribution is 2.34. The summed E-state index contributed by atoms with van der Waals surface area (Å²) in [5, 5.41) is 9.11. The zero-order valence-electron chi connectivity index (χ0n) is 16.0. The number of hydrogen-bond donors (Lipinski definition) is 1. The van der Waals surface area contributed by atoms with E-state index in [4.69, 9.17) is 11.0 Å². The predicted octanol–water partition coefficient (Wildman–Crippen LogP) is 4.16. The maximum Gasteiger partial charge on any atom is 0.161 e. The van der Waals surface area contributed by atoms with Gasteiger partial charge >= 0.3 is 0 Å². The lowest BCUT2D eigenvalue weighted by atomic mass is 9.80. The van der Waals surface area contributed by atoms with Gasteiger partial charge in [0.1, 0.15) is 5.82 Å². The Bertz CT molecular complexity index is 1010. The Kier molecular flexibility index (Phi) is 5.44. The summed E-state index contributed by atoms with van der Waals surface area (Å²) in [6.45, 7) is 2.46. The number of halogens is 3. The van der Waals surface area contributed by atoms with Crippen molar-refractivity contribution in [2.24, 2.45) is 5.73 Å². The first kappa shape index (κ1) is 19.7. The molecule has 150 valence electrons. The first-order valence-corrected chi connectivity index (χ1v) is 9.76. The summed E-state index contributed by atoms with van der Waals surface area (Å²) in [7, 11) is 0. The molecule has 1 aliphatic carbocycles. The third-order valence-corrected chi connectivity index (χ3v) is 5.97. The number of nitrogens with two attached hydrogens (primary N) is 1. The van der Waals surface area contributed by atoms with E-state index in [1.807, 2.05) is 18.2 Å². The number of nitriles is 1. The highest BCUT2D eigenvalue weighted by molar-refractivity contribution is 5.39. The lowest BCUT2D eigenvalue weighted by Gasteiger charge is -2.34. The highest BCUT2D eigenvalue weighted by atomic mass is 19.2. The molecule has 2 aromatic carbocycles. The summed E-state index contributed by atoms with van der Waals surface area (Å²) in [6, 6.07) is 9.20. The minimum atomic E-state index is -1.18. The van der Waals surface area contributed by atoms with Crippen LogP contribution in [0.2, 0.25) is 0 Å². The van der Waals surface area contributed by atoms with Crippen molar-refractivity contribution in [1.82, 2.24) is 4.90 Å². The van der Waals surface area contributed by atoms with Crippen LogP contribution in [0, 0.1) is 28.8 Å². The van der Waals surface area contributed by atoms with Crippen molar-refractivity contribution in [1.29, 1.82) is 5.26 Å². The Morgan fingerprint density at radius 3 is 2.62 bits per heavy atom. The molecule has 2 atom stereocenters. The molecule has 0 saturated carbocycles. The third kappa shape index (κ3) is 4.07. The van der Waals surface area contributed by atoms with Crippen LogP contribution in [0.15, 0.2) is 42.0 Å². The first-order valence-electron chi connectivity index (χ1n) is 9.76. The van der Waals surface area contributed by atoms with Gasteiger partial charge in [-0.05, 0) is 54.2 Å². The second-order valence-electron chi connectivity index (χ2n) is 7.92. The van der Waals surface area contributed by atoms with E-state index in [1.54, 1.807) is 0 Å². The van der Waals surface area contributed by atoms with Gasteiger partial charge in [-0.2, -0.15) is 5.26 Å². The average Bonchev–Trinajstić information content (AvgIpc) is 2.70. The SMILES string of the molecule is N#Cc1ccc2c(c1)CN(CC1=CCC(c3cc(F)c(F)cc3F)C(N)C1)CC2. The molecule has 2 unspecified atom stereocenters. The zero-order valence-corrected chi connectivity index (χ0v) is 16.0. The molecule has 0 amide bonds. The molecule has 6 heteroatoms. The van der Waals surface area contributed by atoms with Gasteiger partial charge < -0.3 is 5.73 Å². The summed E-state index contributed by atoms with van der Waals surface area (Å²) in [6.07, 6.45) is 4.07. The molecule has 0 radical (unpaired) electrons. The minimum Gasteiger partial charge on any atom is -0.327 e. The van der Waals surface area contributed by atoms with E-state index in [-0.39, 0.29) is 17.5 Å². The number of allylic oxidation sites excluding steroid dienone is 1. The number of benzene rings is 2. The fourth-order valence-corrected chi connectivity index (χ4v) is 4.41. The normalized spacial score (nSPS) is 22.0. The highest BCUT2D eigenvalue weighted by Gasteiger charge is 2.28. The molecule has 0 fully saturated rings.